The number of sulfonamides is 1. The van der Waals surface area contributed by atoms with Crippen LogP contribution in [-0.4, -0.2) is 52.5 Å². The number of carboxylic acid groups (broad SMARTS) is 1. The van der Waals surface area contributed by atoms with Crippen molar-refractivity contribution in [1.29, 1.82) is 0 Å². The van der Waals surface area contributed by atoms with Crippen molar-refractivity contribution in [2.24, 2.45) is 0 Å². The predicted molar refractivity (Wildman–Crippen MR) is 89.0 cm³/mol. The number of benzene rings is 1. The molecule has 0 spiro atoms. The third-order valence-electron chi connectivity index (χ3n) is 3.78. The SMILES string of the molecule is CC(CSC(=O)c1ccccc1)S(=O)(=O)N1CCC[C@H]1C(=O)O. The third kappa shape index (κ3) is 4.13. The van der Waals surface area contributed by atoms with Crippen LogP contribution in [0.25, 0.3) is 0 Å². The van der Waals surface area contributed by atoms with Crippen molar-refractivity contribution in [3.05, 3.63) is 35.9 Å². The molecule has 1 N–H and O–H groups in total. The monoisotopic (exact) mass is 357 g/mol. The Balaban J connectivity index is 2.00. The van der Waals surface area contributed by atoms with E-state index in [4.69, 9.17) is 5.11 Å². The molecule has 126 valence electrons. The molecule has 1 aromatic rings. The second-order valence-electron chi connectivity index (χ2n) is 5.43. The summed E-state index contributed by atoms with van der Waals surface area (Å²) in [6.45, 7) is 1.73. The second-order valence-corrected chi connectivity index (χ2v) is 8.72. The lowest BCUT2D eigenvalue weighted by atomic mass is 10.2. The lowest BCUT2D eigenvalue weighted by molar-refractivity contribution is -0.140. The minimum absolute atomic E-state index is 0.0961. The van der Waals surface area contributed by atoms with Gasteiger partial charge in [-0.1, -0.05) is 42.1 Å². The molecule has 1 unspecified atom stereocenters. The Kier molecular flexibility index (Phi) is 5.83. The molecule has 2 rings (SSSR count). The summed E-state index contributed by atoms with van der Waals surface area (Å²) in [6.07, 6.45) is 0.871. The van der Waals surface area contributed by atoms with E-state index in [9.17, 15) is 18.0 Å². The quantitative estimate of drug-likeness (QED) is 0.835. The molecule has 23 heavy (non-hydrogen) atoms. The first kappa shape index (κ1) is 18.0. The topological polar surface area (TPSA) is 91.8 Å². The van der Waals surface area contributed by atoms with Gasteiger partial charge in [-0.25, -0.2) is 8.42 Å². The van der Waals surface area contributed by atoms with Crippen molar-refractivity contribution in [3.63, 3.8) is 0 Å². The number of hydrogen-bond acceptors (Lipinski definition) is 5. The van der Waals surface area contributed by atoms with Gasteiger partial charge in [-0.15, -0.1) is 0 Å². The summed E-state index contributed by atoms with van der Waals surface area (Å²) in [7, 11) is -3.73. The molecule has 0 saturated carbocycles. The minimum Gasteiger partial charge on any atom is -0.480 e. The van der Waals surface area contributed by atoms with Crippen molar-refractivity contribution in [2.75, 3.05) is 12.3 Å². The maximum Gasteiger partial charge on any atom is 0.322 e. The van der Waals surface area contributed by atoms with Crippen LogP contribution in [0, 0.1) is 0 Å². The zero-order valence-electron chi connectivity index (χ0n) is 12.7. The molecule has 6 nitrogen and oxygen atoms in total. The molecule has 0 aliphatic carbocycles. The number of carbonyl (C=O) groups is 2. The Morgan fingerprint density at radius 3 is 2.61 bits per heavy atom. The van der Waals surface area contributed by atoms with Gasteiger partial charge in [-0.05, 0) is 19.8 Å². The van der Waals surface area contributed by atoms with Crippen molar-refractivity contribution in [2.45, 2.75) is 31.1 Å². The normalized spacial score (nSPS) is 20.3. The summed E-state index contributed by atoms with van der Waals surface area (Å²) in [4.78, 5) is 23.2. The Hall–Kier alpha value is -1.38. The Bertz CT molecular complexity index is 674. The number of thioether (sulfide) groups is 1. The van der Waals surface area contributed by atoms with E-state index in [1.165, 1.54) is 6.92 Å². The minimum atomic E-state index is -3.73. The Labute approximate surface area is 139 Å². The summed E-state index contributed by atoms with van der Waals surface area (Å²) in [5, 5.41) is 8.12. The van der Waals surface area contributed by atoms with Crippen LogP contribution in [-0.2, 0) is 14.8 Å². The fourth-order valence-electron chi connectivity index (χ4n) is 2.46. The highest BCUT2D eigenvalue weighted by Crippen LogP contribution is 2.26. The van der Waals surface area contributed by atoms with E-state index in [1.807, 2.05) is 0 Å². The van der Waals surface area contributed by atoms with Gasteiger partial charge < -0.3 is 5.11 Å². The smallest absolute Gasteiger partial charge is 0.322 e. The molecular weight excluding hydrogens is 338 g/mol. The predicted octanol–water partition coefficient (Wildman–Crippen LogP) is 1.83. The van der Waals surface area contributed by atoms with Crippen LogP contribution in [0.2, 0.25) is 0 Å². The van der Waals surface area contributed by atoms with Gasteiger partial charge in [0.15, 0.2) is 0 Å². The van der Waals surface area contributed by atoms with Crippen molar-refractivity contribution >= 4 is 32.9 Å². The van der Waals surface area contributed by atoms with Gasteiger partial charge in [0.05, 0.1) is 5.25 Å². The highest BCUT2D eigenvalue weighted by molar-refractivity contribution is 8.14. The maximum atomic E-state index is 12.5. The van der Waals surface area contributed by atoms with E-state index in [2.05, 4.69) is 0 Å². The summed E-state index contributed by atoms with van der Waals surface area (Å²) in [6, 6.07) is 7.65. The first-order valence-electron chi connectivity index (χ1n) is 7.29. The molecule has 1 aliphatic rings. The number of aliphatic carboxylic acids is 1. The Morgan fingerprint density at radius 2 is 2.00 bits per heavy atom. The number of rotatable bonds is 6. The lowest BCUT2D eigenvalue weighted by Crippen LogP contribution is -2.45. The largest absolute Gasteiger partial charge is 0.480 e. The van der Waals surface area contributed by atoms with Crippen molar-refractivity contribution < 1.29 is 23.1 Å². The van der Waals surface area contributed by atoms with Crippen molar-refractivity contribution in [3.8, 4) is 0 Å². The van der Waals surface area contributed by atoms with Gasteiger partial charge in [0.1, 0.15) is 6.04 Å². The molecule has 0 radical (unpaired) electrons. The number of hydrogen-bond donors (Lipinski definition) is 1. The van der Waals surface area contributed by atoms with Gasteiger partial charge >= 0.3 is 5.97 Å². The van der Waals surface area contributed by atoms with Gasteiger partial charge in [0.2, 0.25) is 15.1 Å². The van der Waals surface area contributed by atoms with Crippen molar-refractivity contribution in [1.82, 2.24) is 4.31 Å². The maximum absolute atomic E-state index is 12.5. The average molecular weight is 357 g/mol. The highest BCUT2D eigenvalue weighted by Gasteiger charge is 2.41. The zero-order chi connectivity index (χ0) is 17.0. The third-order valence-corrected chi connectivity index (χ3v) is 7.43. The van der Waals surface area contributed by atoms with Crippen LogP contribution in [0.15, 0.2) is 30.3 Å². The molecule has 1 saturated heterocycles. The van der Waals surface area contributed by atoms with Gasteiger partial charge in [0.25, 0.3) is 0 Å². The van der Waals surface area contributed by atoms with E-state index in [-0.39, 0.29) is 17.4 Å². The van der Waals surface area contributed by atoms with E-state index in [0.717, 1.165) is 16.1 Å². The van der Waals surface area contributed by atoms with Gasteiger partial charge in [-0.3, -0.25) is 9.59 Å². The molecule has 1 heterocycles. The van der Waals surface area contributed by atoms with Crippen LogP contribution in [0.3, 0.4) is 0 Å². The molecule has 0 aromatic heterocycles. The Morgan fingerprint density at radius 1 is 1.35 bits per heavy atom. The van der Waals surface area contributed by atoms with E-state index in [1.54, 1.807) is 30.3 Å². The van der Waals surface area contributed by atoms with E-state index < -0.39 is 27.3 Å². The first-order valence-corrected chi connectivity index (χ1v) is 9.78. The molecule has 0 amide bonds. The van der Waals surface area contributed by atoms with Crippen LogP contribution in [0.5, 0.6) is 0 Å². The molecular formula is C15H19NO5S2. The van der Waals surface area contributed by atoms with Crippen LogP contribution in [0.4, 0.5) is 0 Å². The summed E-state index contributed by atoms with van der Waals surface area (Å²) in [5.74, 6) is -1.02. The molecule has 2 atom stereocenters. The summed E-state index contributed by atoms with van der Waals surface area (Å²) in [5.41, 5.74) is 0.520. The lowest BCUT2D eigenvalue weighted by Gasteiger charge is -2.24. The van der Waals surface area contributed by atoms with Crippen LogP contribution >= 0.6 is 11.8 Å². The van der Waals surface area contributed by atoms with Crippen LogP contribution < -0.4 is 0 Å². The number of carbonyl (C=O) groups excluding carboxylic acids is 1. The van der Waals surface area contributed by atoms with Crippen LogP contribution in [0.1, 0.15) is 30.1 Å². The first-order chi connectivity index (χ1) is 10.8. The molecule has 1 aliphatic heterocycles. The zero-order valence-corrected chi connectivity index (χ0v) is 14.3. The summed E-state index contributed by atoms with van der Waals surface area (Å²) >= 11 is 0.941. The number of carboxylic acids is 1. The standard InChI is InChI=1S/C15H19NO5S2/c1-11(10-22-15(19)12-6-3-2-4-7-12)23(20,21)16-9-5-8-13(16)14(17)18/h2-4,6-7,11,13H,5,8-10H2,1H3,(H,17,18)/t11?,13-/m0/s1. The fraction of sp³-hybridized carbons (Fsp3) is 0.467. The summed E-state index contributed by atoms with van der Waals surface area (Å²) < 4.78 is 26.1. The average Bonchev–Trinajstić information content (AvgIpc) is 3.03. The molecule has 0 bridgehead atoms. The van der Waals surface area contributed by atoms with E-state index in [0.29, 0.717) is 18.4 Å². The highest BCUT2D eigenvalue weighted by atomic mass is 32.2. The molecule has 1 fully saturated rings. The van der Waals surface area contributed by atoms with E-state index >= 15 is 0 Å². The number of nitrogens with zero attached hydrogens (tertiary/aromatic N) is 1. The van der Waals surface area contributed by atoms with Gasteiger partial charge in [0, 0.05) is 17.9 Å². The second kappa shape index (κ2) is 7.46. The molecule has 1 aromatic carbocycles. The molecule has 8 heteroatoms. The fourth-order valence-corrected chi connectivity index (χ4v) is 5.44. The van der Waals surface area contributed by atoms with Gasteiger partial charge in [-0.2, -0.15) is 4.31 Å².